The Labute approximate surface area is 94.8 Å². The summed E-state index contributed by atoms with van der Waals surface area (Å²) in [6, 6.07) is 3.94. The van der Waals surface area contributed by atoms with Gasteiger partial charge in [0, 0.05) is 5.92 Å². The van der Waals surface area contributed by atoms with Gasteiger partial charge in [0.15, 0.2) is 0 Å². The largest absolute Gasteiger partial charge is 0.397 e. The van der Waals surface area contributed by atoms with Crippen molar-refractivity contribution in [1.82, 2.24) is 0 Å². The second kappa shape index (κ2) is 5.49. The molecule has 88 valence electrons. The van der Waals surface area contributed by atoms with Crippen LogP contribution in [0.1, 0.15) is 26.7 Å². The highest BCUT2D eigenvalue weighted by Gasteiger charge is 2.15. The van der Waals surface area contributed by atoms with Crippen LogP contribution in [0.3, 0.4) is 0 Å². The number of hydrogen-bond donors (Lipinski definition) is 2. The minimum Gasteiger partial charge on any atom is -0.397 e. The number of nitrogens with one attached hydrogen (secondary N) is 1. The smallest absolute Gasteiger partial charge is 0.227 e. The van der Waals surface area contributed by atoms with E-state index in [1.54, 1.807) is 0 Å². The van der Waals surface area contributed by atoms with E-state index in [2.05, 4.69) is 5.32 Å². The van der Waals surface area contributed by atoms with Crippen LogP contribution in [0.4, 0.5) is 15.8 Å². The SMILES string of the molecule is CCC(CC)C(=O)Nc1cc(F)ccc1N. The molecule has 0 atom stereocenters. The summed E-state index contributed by atoms with van der Waals surface area (Å²) in [5.74, 6) is -0.570. The molecule has 0 aliphatic heterocycles. The van der Waals surface area contributed by atoms with E-state index >= 15 is 0 Å². The summed E-state index contributed by atoms with van der Waals surface area (Å²) >= 11 is 0. The Morgan fingerprint density at radius 3 is 2.62 bits per heavy atom. The number of carbonyl (C=O) groups is 1. The summed E-state index contributed by atoms with van der Waals surface area (Å²) in [7, 11) is 0. The molecule has 0 aliphatic rings. The van der Waals surface area contributed by atoms with E-state index < -0.39 is 5.82 Å². The third kappa shape index (κ3) is 2.95. The highest BCUT2D eigenvalue weighted by atomic mass is 19.1. The predicted molar refractivity (Wildman–Crippen MR) is 63.5 cm³/mol. The maximum absolute atomic E-state index is 13.0. The lowest BCUT2D eigenvalue weighted by Gasteiger charge is -2.14. The van der Waals surface area contributed by atoms with Gasteiger partial charge in [0.05, 0.1) is 11.4 Å². The zero-order valence-electron chi connectivity index (χ0n) is 9.59. The second-order valence-corrected chi connectivity index (χ2v) is 3.73. The van der Waals surface area contributed by atoms with Gasteiger partial charge in [-0.25, -0.2) is 4.39 Å². The summed E-state index contributed by atoms with van der Waals surface area (Å²) < 4.78 is 13.0. The molecule has 1 aromatic carbocycles. The summed E-state index contributed by atoms with van der Waals surface area (Å²) in [5.41, 5.74) is 6.36. The van der Waals surface area contributed by atoms with E-state index in [0.717, 1.165) is 12.8 Å². The molecule has 0 saturated heterocycles. The minimum atomic E-state index is -0.408. The van der Waals surface area contributed by atoms with Gasteiger partial charge in [-0.3, -0.25) is 4.79 Å². The van der Waals surface area contributed by atoms with Crippen molar-refractivity contribution < 1.29 is 9.18 Å². The zero-order chi connectivity index (χ0) is 12.1. The average molecular weight is 224 g/mol. The van der Waals surface area contributed by atoms with E-state index in [1.165, 1.54) is 18.2 Å². The molecule has 0 spiro atoms. The van der Waals surface area contributed by atoms with Gasteiger partial charge in [-0.05, 0) is 31.0 Å². The highest BCUT2D eigenvalue weighted by molar-refractivity contribution is 5.95. The highest BCUT2D eigenvalue weighted by Crippen LogP contribution is 2.21. The number of nitrogen functional groups attached to an aromatic ring is 1. The van der Waals surface area contributed by atoms with E-state index in [4.69, 9.17) is 5.73 Å². The Morgan fingerprint density at radius 1 is 1.44 bits per heavy atom. The molecule has 16 heavy (non-hydrogen) atoms. The van der Waals surface area contributed by atoms with Crippen molar-refractivity contribution in [3.05, 3.63) is 24.0 Å². The Hall–Kier alpha value is -1.58. The summed E-state index contributed by atoms with van der Waals surface area (Å²) in [6.07, 6.45) is 1.52. The number of rotatable bonds is 4. The van der Waals surface area contributed by atoms with Gasteiger partial charge in [0.2, 0.25) is 5.91 Å². The standard InChI is InChI=1S/C12H17FN2O/c1-3-8(4-2)12(16)15-11-7-9(13)5-6-10(11)14/h5-8H,3-4,14H2,1-2H3,(H,15,16). The second-order valence-electron chi connectivity index (χ2n) is 3.73. The van der Waals surface area contributed by atoms with Crippen molar-refractivity contribution in [1.29, 1.82) is 0 Å². The van der Waals surface area contributed by atoms with Crippen molar-refractivity contribution in [2.45, 2.75) is 26.7 Å². The van der Waals surface area contributed by atoms with Crippen LogP contribution in [-0.4, -0.2) is 5.91 Å². The van der Waals surface area contributed by atoms with Crippen molar-refractivity contribution in [3.63, 3.8) is 0 Å². The number of benzene rings is 1. The van der Waals surface area contributed by atoms with Gasteiger partial charge in [-0.15, -0.1) is 0 Å². The van der Waals surface area contributed by atoms with Crippen LogP contribution in [0.2, 0.25) is 0 Å². The first-order valence-corrected chi connectivity index (χ1v) is 5.44. The minimum absolute atomic E-state index is 0.0531. The summed E-state index contributed by atoms with van der Waals surface area (Å²) in [5, 5.41) is 2.65. The topological polar surface area (TPSA) is 55.1 Å². The van der Waals surface area contributed by atoms with E-state index in [9.17, 15) is 9.18 Å². The lowest BCUT2D eigenvalue weighted by Crippen LogP contribution is -2.22. The van der Waals surface area contributed by atoms with E-state index in [0.29, 0.717) is 11.4 Å². The molecule has 4 heteroatoms. The number of halogens is 1. The van der Waals surface area contributed by atoms with Crippen LogP contribution >= 0.6 is 0 Å². The molecule has 1 rings (SSSR count). The molecule has 0 saturated carbocycles. The first kappa shape index (κ1) is 12.5. The maximum Gasteiger partial charge on any atom is 0.227 e. The molecule has 1 amide bonds. The summed E-state index contributed by atoms with van der Waals surface area (Å²) in [4.78, 5) is 11.7. The molecule has 0 unspecified atom stereocenters. The van der Waals surface area contributed by atoms with Crippen LogP contribution < -0.4 is 11.1 Å². The molecular formula is C12H17FN2O. The van der Waals surface area contributed by atoms with E-state index in [1.807, 2.05) is 13.8 Å². The lowest BCUT2D eigenvalue weighted by molar-refractivity contribution is -0.120. The van der Waals surface area contributed by atoms with Crippen molar-refractivity contribution >= 4 is 17.3 Å². The van der Waals surface area contributed by atoms with E-state index in [-0.39, 0.29) is 11.8 Å². The zero-order valence-corrected chi connectivity index (χ0v) is 9.59. The average Bonchev–Trinajstić information content (AvgIpc) is 2.25. The van der Waals surface area contributed by atoms with Crippen LogP contribution in [0.25, 0.3) is 0 Å². The van der Waals surface area contributed by atoms with Crippen molar-refractivity contribution in [2.24, 2.45) is 5.92 Å². The number of amides is 1. The Kier molecular flexibility index (Phi) is 4.28. The molecule has 0 bridgehead atoms. The van der Waals surface area contributed by atoms with Gasteiger partial charge in [-0.2, -0.15) is 0 Å². The fraction of sp³-hybridized carbons (Fsp3) is 0.417. The normalized spacial score (nSPS) is 10.5. The van der Waals surface area contributed by atoms with Crippen LogP contribution in [0.5, 0.6) is 0 Å². The van der Waals surface area contributed by atoms with Gasteiger partial charge in [0.1, 0.15) is 5.82 Å². The predicted octanol–water partition coefficient (Wildman–Crippen LogP) is 2.78. The lowest BCUT2D eigenvalue weighted by atomic mass is 10.0. The first-order valence-electron chi connectivity index (χ1n) is 5.44. The number of anilines is 2. The molecule has 0 radical (unpaired) electrons. The quantitative estimate of drug-likeness (QED) is 0.773. The Morgan fingerprint density at radius 2 is 2.06 bits per heavy atom. The van der Waals surface area contributed by atoms with Crippen LogP contribution in [0.15, 0.2) is 18.2 Å². The van der Waals surface area contributed by atoms with Gasteiger partial charge in [0.25, 0.3) is 0 Å². The van der Waals surface area contributed by atoms with Gasteiger partial charge in [-0.1, -0.05) is 13.8 Å². The monoisotopic (exact) mass is 224 g/mol. The van der Waals surface area contributed by atoms with Crippen molar-refractivity contribution in [3.8, 4) is 0 Å². The van der Waals surface area contributed by atoms with Crippen LogP contribution in [0, 0.1) is 11.7 Å². The Balaban J connectivity index is 2.80. The number of hydrogen-bond acceptors (Lipinski definition) is 2. The molecular weight excluding hydrogens is 207 g/mol. The molecule has 0 heterocycles. The number of carbonyl (C=O) groups excluding carboxylic acids is 1. The molecule has 0 aromatic heterocycles. The first-order chi connectivity index (χ1) is 7.58. The molecule has 3 nitrogen and oxygen atoms in total. The molecule has 1 aromatic rings. The molecule has 0 fully saturated rings. The fourth-order valence-corrected chi connectivity index (χ4v) is 1.53. The van der Waals surface area contributed by atoms with Crippen LogP contribution in [-0.2, 0) is 4.79 Å². The Bertz CT molecular complexity index is 375. The third-order valence-corrected chi connectivity index (χ3v) is 2.63. The van der Waals surface area contributed by atoms with Gasteiger partial charge >= 0.3 is 0 Å². The number of nitrogens with two attached hydrogens (primary N) is 1. The molecule has 0 aliphatic carbocycles. The maximum atomic E-state index is 13.0. The van der Waals surface area contributed by atoms with Crippen molar-refractivity contribution in [2.75, 3.05) is 11.1 Å². The summed E-state index contributed by atoms with van der Waals surface area (Å²) in [6.45, 7) is 3.89. The third-order valence-electron chi connectivity index (χ3n) is 2.63. The molecule has 3 N–H and O–H groups in total. The van der Waals surface area contributed by atoms with Gasteiger partial charge < -0.3 is 11.1 Å². The fourth-order valence-electron chi connectivity index (χ4n) is 1.53.